The van der Waals surface area contributed by atoms with Crippen LogP contribution in [0.2, 0.25) is 5.02 Å². The number of fused-ring (bicyclic) bond motifs is 1. The zero-order chi connectivity index (χ0) is 14.1. The molecule has 0 spiro atoms. The lowest BCUT2D eigenvalue weighted by molar-refractivity contribution is 0.549. The van der Waals surface area contributed by atoms with Crippen LogP contribution in [-0.2, 0) is 6.42 Å². The van der Waals surface area contributed by atoms with E-state index in [1.54, 1.807) is 6.07 Å². The molecule has 0 radical (unpaired) electrons. The largest absolute Gasteiger partial charge is 0.310 e. The molecular weight excluding hydrogens is 273 g/mol. The quantitative estimate of drug-likeness (QED) is 0.860. The van der Waals surface area contributed by atoms with Gasteiger partial charge < -0.3 is 5.32 Å². The molecule has 0 aliphatic heterocycles. The topological polar surface area (TPSA) is 12.0 Å². The van der Waals surface area contributed by atoms with Crippen molar-refractivity contribution >= 4 is 11.6 Å². The summed E-state index contributed by atoms with van der Waals surface area (Å²) in [5, 5.41) is 4.08. The zero-order valence-electron chi connectivity index (χ0n) is 11.4. The van der Waals surface area contributed by atoms with Gasteiger partial charge in [0.05, 0.1) is 0 Å². The summed E-state index contributed by atoms with van der Waals surface area (Å²) in [5.41, 5.74) is 4.46. The van der Waals surface area contributed by atoms with E-state index in [0.717, 1.165) is 30.5 Å². The van der Waals surface area contributed by atoms with Crippen molar-refractivity contribution in [1.82, 2.24) is 5.32 Å². The average Bonchev–Trinajstić information content (AvgIpc) is 2.84. The predicted molar refractivity (Wildman–Crippen MR) is 81.6 cm³/mol. The molecule has 0 saturated heterocycles. The molecule has 1 unspecified atom stereocenters. The monoisotopic (exact) mass is 289 g/mol. The Hall–Kier alpha value is -1.38. The van der Waals surface area contributed by atoms with E-state index in [2.05, 4.69) is 24.4 Å². The average molecular weight is 290 g/mol. The Morgan fingerprint density at radius 1 is 1.25 bits per heavy atom. The zero-order valence-corrected chi connectivity index (χ0v) is 12.2. The third-order valence-corrected chi connectivity index (χ3v) is 4.24. The van der Waals surface area contributed by atoms with Gasteiger partial charge in [-0.15, -0.1) is 0 Å². The van der Waals surface area contributed by atoms with E-state index in [-0.39, 0.29) is 5.82 Å². The van der Waals surface area contributed by atoms with Crippen molar-refractivity contribution < 1.29 is 4.39 Å². The maximum absolute atomic E-state index is 13.4. The summed E-state index contributed by atoms with van der Waals surface area (Å²) < 4.78 is 13.4. The van der Waals surface area contributed by atoms with Crippen LogP contribution in [0.15, 0.2) is 36.4 Å². The van der Waals surface area contributed by atoms with E-state index >= 15 is 0 Å². The van der Waals surface area contributed by atoms with Crippen molar-refractivity contribution in [2.24, 2.45) is 0 Å². The molecule has 2 aromatic carbocycles. The van der Waals surface area contributed by atoms with Gasteiger partial charge in [-0.1, -0.05) is 36.7 Å². The van der Waals surface area contributed by atoms with Gasteiger partial charge in [0.25, 0.3) is 0 Å². The fraction of sp³-hybridized carbons (Fsp3) is 0.294. The lowest BCUT2D eigenvalue weighted by Gasteiger charge is -2.13. The molecule has 1 N–H and O–H groups in total. The summed E-state index contributed by atoms with van der Waals surface area (Å²) >= 11 is 6.18. The molecule has 0 amide bonds. The van der Waals surface area contributed by atoms with Crippen molar-refractivity contribution in [2.75, 3.05) is 6.54 Å². The fourth-order valence-corrected chi connectivity index (χ4v) is 3.19. The minimum atomic E-state index is -0.254. The van der Waals surface area contributed by atoms with Crippen LogP contribution >= 0.6 is 11.6 Å². The van der Waals surface area contributed by atoms with Crippen LogP contribution in [0.25, 0.3) is 11.1 Å². The molecule has 3 rings (SSSR count). The Morgan fingerprint density at radius 3 is 2.90 bits per heavy atom. The van der Waals surface area contributed by atoms with Gasteiger partial charge in [-0.2, -0.15) is 0 Å². The predicted octanol–water partition coefficient (Wildman–Crippen LogP) is 4.74. The molecule has 0 bridgehead atoms. The molecule has 104 valence electrons. The molecular formula is C17H17ClFN. The summed E-state index contributed by atoms with van der Waals surface area (Å²) in [5.74, 6) is -0.254. The van der Waals surface area contributed by atoms with Crippen LogP contribution < -0.4 is 5.32 Å². The van der Waals surface area contributed by atoms with Crippen LogP contribution in [0.4, 0.5) is 4.39 Å². The highest BCUT2D eigenvalue weighted by Gasteiger charge is 2.22. The molecule has 1 aliphatic rings. The van der Waals surface area contributed by atoms with Gasteiger partial charge in [0, 0.05) is 16.6 Å². The molecule has 3 heteroatoms. The van der Waals surface area contributed by atoms with Gasteiger partial charge in [0.15, 0.2) is 0 Å². The van der Waals surface area contributed by atoms with Gasteiger partial charge in [0.2, 0.25) is 0 Å². The van der Waals surface area contributed by atoms with E-state index in [1.165, 1.54) is 23.3 Å². The van der Waals surface area contributed by atoms with Crippen LogP contribution in [0, 0.1) is 5.82 Å². The van der Waals surface area contributed by atoms with Crippen molar-refractivity contribution in [2.45, 2.75) is 25.8 Å². The lowest BCUT2D eigenvalue weighted by atomic mass is 9.99. The fourth-order valence-electron chi connectivity index (χ4n) is 2.96. The number of halogens is 2. The van der Waals surface area contributed by atoms with Crippen LogP contribution in [0.3, 0.4) is 0 Å². The molecule has 2 aromatic rings. The Balaban J connectivity index is 1.99. The van der Waals surface area contributed by atoms with Gasteiger partial charge in [-0.05, 0) is 54.3 Å². The third kappa shape index (κ3) is 2.46. The maximum atomic E-state index is 13.4. The number of hydrogen-bond donors (Lipinski definition) is 1. The van der Waals surface area contributed by atoms with Gasteiger partial charge in [-0.25, -0.2) is 4.39 Å². The first-order chi connectivity index (χ1) is 9.69. The minimum Gasteiger partial charge on any atom is -0.310 e. The Labute approximate surface area is 123 Å². The van der Waals surface area contributed by atoms with Crippen molar-refractivity contribution in [3.8, 4) is 11.1 Å². The molecule has 1 aliphatic carbocycles. The summed E-state index contributed by atoms with van der Waals surface area (Å²) in [6.07, 6.45) is 2.19. The van der Waals surface area contributed by atoms with E-state index in [9.17, 15) is 4.39 Å². The summed E-state index contributed by atoms with van der Waals surface area (Å²) in [7, 11) is 0. The first-order valence-corrected chi connectivity index (χ1v) is 7.38. The summed E-state index contributed by atoms with van der Waals surface area (Å²) in [6.45, 7) is 3.10. The normalized spacial score (nSPS) is 17.2. The highest BCUT2D eigenvalue weighted by molar-refractivity contribution is 6.33. The molecule has 20 heavy (non-hydrogen) atoms. The highest BCUT2D eigenvalue weighted by atomic mass is 35.5. The second-order valence-electron chi connectivity index (χ2n) is 5.19. The van der Waals surface area contributed by atoms with Crippen LogP contribution in [0.5, 0.6) is 0 Å². The Morgan fingerprint density at radius 2 is 2.10 bits per heavy atom. The van der Waals surface area contributed by atoms with Crippen molar-refractivity contribution in [1.29, 1.82) is 0 Å². The van der Waals surface area contributed by atoms with Crippen molar-refractivity contribution in [3.05, 3.63) is 58.4 Å². The van der Waals surface area contributed by atoms with E-state index < -0.39 is 0 Å². The number of nitrogens with one attached hydrogen (secondary N) is 1. The molecule has 0 fully saturated rings. The standard InChI is InChI=1S/C17H17ClFN/c1-2-20-17-8-4-11-9-12(3-6-14(11)17)15-10-13(19)5-7-16(15)18/h3,5-7,9-10,17,20H,2,4,8H2,1H3. The number of aryl methyl sites for hydroxylation is 1. The SMILES string of the molecule is CCNC1CCc2cc(-c3cc(F)ccc3Cl)ccc21. The smallest absolute Gasteiger partial charge is 0.123 e. The number of hydrogen-bond acceptors (Lipinski definition) is 1. The molecule has 0 saturated carbocycles. The molecule has 1 atom stereocenters. The van der Waals surface area contributed by atoms with E-state index in [0.29, 0.717) is 11.1 Å². The van der Waals surface area contributed by atoms with Crippen LogP contribution in [-0.4, -0.2) is 6.54 Å². The lowest BCUT2D eigenvalue weighted by Crippen LogP contribution is -2.18. The van der Waals surface area contributed by atoms with Crippen molar-refractivity contribution in [3.63, 3.8) is 0 Å². The number of rotatable bonds is 3. The second-order valence-corrected chi connectivity index (χ2v) is 5.59. The first kappa shape index (κ1) is 13.6. The molecule has 0 aromatic heterocycles. The molecule has 1 nitrogen and oxygen atoms in total. The second kappa shape index (κ2) is 5.55. The van der Waals surface area contributed by atoms with E-state index in [1.807, 2.05) is 6.07 Å². The Kier molecular flexibility index (Phi) is 3.77. The van der Waals surface area contributed by atoms with E-state index in [4.69, 9.17) is 11.6 Å². The van der Waals surface area contributed by atoms with Gasteiger partial charge in [-0.3, -0.25) is 0 Å². The Bertz CT molecular complexity index is 639. The number of benzene rings is 2. The summed E-state index contributed by atoms with van der Waals surface area (Å²) in [4.78, 5) is 0. The van der Waals surface area contributed by atoms with Crippen LogP contribution in [0.1, 0.15) is 30.5 Å². The van der Waals surface area contributed by atoms with Gasteiger partial charge in [0.1, 0.15) is 5.82 Å². The maximum Gasteiger partial charge on any atom is 0.123 e. The van der Waals surface area contributed by atoms with Gasteiger partial charge >= 0.3 is 0 Å². The first-order valence-electron chi connectivity index (χ1n) is 7.00. The highest BCUT2D eigenvalue weighted by Crippen LogP contribution is 2.36. The minimum absolute atomic E-state index is 0.254. The third-order valence-electron chi connectivity index (χ3n) is 3.91. The molecule has 0 heterocycles. The summed E-state index contributed by atoms with van der Waals surface area (Å²) in [6, 6.07) is 11.3.